The van der Waals surface area contributed by atoms with Gasteiger partial charge < -0.3 is 10.2 Å². The Balaban J connectivity index is 2.16. The Morgan fingerprint density at radius 3 is 2.73 bits per heavy atom. The van der Waals surface area contributed by atoms with E-state index in [-0.39, 0.29) is 17.9 Å². The second kappa shape index (κ2) is 6.96. The van der Waals surface area contributed by atoms with Gasteiger partial charge in [-0.3, -0.25) is 14.3 Å². The highest BCUT2D eigenvalue weighted by molar-refractivity contribution is 6.31. The molecule has 0 saturated carbocycles. The Labute approximate surface area is 135 Å². The molecule has 2 heterocycles. The molecule has 1 unspecified atom stereocenters. The topological polar surface area (TPSA) is 67.2 Å². The minimum Gasteiger partial charge on any atom is -0.357 e. The predicted octanol–water partition coefficient (Wildman–Crippen LogP) is 1.52. The minimum absolute atomic E-state index is 0.114. The summed E-state index contributed by atoms with van der Waals surface area (Å²) >= 11 is 6.15. The molecule has 0 spiro atoms. The van der Waals surface area contributed by atoms with E-state index >= 15 is 0 Å². The molecule has 2 rings (SSSR count). The largest absolute Gasteiger partial charge is 0.357 e. The van der Waals surface area contributed by atoms with E-state index in [1.165, 1.54) is 6.08 Å². The summed E-state index contributed by atoms with van der Waals surface area (Å²) in [5.41, 5.74) is 1.49. The molecule has 1 aromatic heterocycles. The van der Waals surface area contributed by atoms with Crippen molar-refractivity contribution in [2.24, 2.45) is 7.05 Å². The summed E-state index contributed by atoms with van der Waals surface area (Å²) in [6.07, 6.45) is 5.71. The van der Waals surface area contributed by atoms with Crippen LogP contribution in [0.3, 0.4) is 0 Å². The Morgan fingerprint density at radius 2 is 2.14 bits per heavy atom. The van der Waals surface area contributed by atoms with Crippen molar-refractivity contribution in [3.05, 3.63) is 22.5 Å². The Bertz CT molecular complexity index is 609. The third-order valence-electron chi connectivity index (χ3n) is 3.92. The highest BCUT2D eigenvalue weighted by Gasteiger charge is 2.30. The Morgan fingerprint density at radius 1 is 1.41 bits per heavy atom. The second-order valence-corrected chi connectivity index (χ2v) is 5.76. The summed E-state index contributed by atoms with van der Waals surface area (Å²) in [7, 11) is 3.34. The van der Waals surface area contributed by atoms with Crippen molar-refractivity contribution < 1.29 is 9.59 Å². The van der Waals surface area contributed by atoms with Gasteiger partial charge in [0.2, 0.25) is 11.8 Å². The van der Waals surface area contributed by atoms with E-state index in [4.69, 9.17) is 11.6 Å². The van der Waals surface area contributed by atoms with Crippen molar-refractivity contribution in [2.75, 3.05) is 13.6 Å². The summed E-state index contributed by atoms with van der Waals surface area (Å²) in [5.74, 6) is -0.287. The van der Waals surface area contributed by atoms with E-state index in [2.05, 4.69) is 10.4 Å². The van der Waals surface area contributed by atoms with Crippen LogP contribution in [0.15, 0.2) is 6.08 Å². The summed E-state index contributed by atoms with van der Waals surface area (Å²) < 4.78 is 1.56. The molecular formula is C15H21ClN4O2. The number of aryl methyl sites for hydroxylation is 2. The van der Waals surface area contributed by atoms with Crippen LogP contribution in [0.25, 0.3) is 6.08 Å². The number of amides is 2. The van der Waals surface area contributed by atoms with Crippen molar-refractivity contribution in [1.82, 2.24) is 20.0 Å². The quantitative estimate of drug-likeness (QED) is 0.857. The van der Waals surface area contributed by atoms with Crippen molar-refractivity contribution in [2.45, 2.75) is 32.2 Å². The summed E-state index contributed by atoms with van der Waals surface area (Å²) in [6.45, 7) is 2.44. The molecule has 0 bridgehead atoms. The molecule has 1 N–H and O–H groups in total. The zero-order valence-electron chi connectivity index (χ0n) is 13.1. The monoisotopic (exact) mass is 324 g/mol. The lowest BCUT2D eigenvalue weighted by atomic mass is 10.0. The Kier molecular flexibility index (Phi) is 5.24. The Hall–Kier alpha value is -1.82. The standard InChI is InChI=1S/C15H21ClN4O2/c1-10-11(14(16)19(3)18-10)7-8-13(21)20-9-5-4-6-12(20)15(22)17-2/h7-8,12H,4-6,9H2,1-3H3,(H,17,22). The molecule has 7 heteroatoms. The van der Waals surface area contributed by atoms with Gasteiger partial charge in [0.15, 0.2) is 0 Å². The molecule has 120 valence electrons. The van der Waals surface area contributed by atoms with Crippen LogP contribution in [0, 0.1) is 6.92 Å². The van der Waals surface area contributed by atoms with Crippen LogP contribution >= 0.6 is 11.6 Å². The molecule has 1 aliphatic heterocycles. The third kappa shape index (κ3) is 3.32. The van der Waals surface area contributed by atoms with Gasteiger partial charge >= 0.3 is 0 Å². The first-order valence-electron chi connectivity index (χ1n) is 7.35. The van der Waals surface area contributed by atoms with Gasteiger partial charge in [-0.1, -0.05) is 11.6 Å². The van der Waals surface area contributed by atoms with Crippen molar-refractivity contribution >= 4 is 29.5 Å². The van der Waals surface area contributed by atoms with Crippen LogP contribution in [-0.2, 0) is 16.6 Å². The predicted molar refractivity (Wildman–Crippen MR) is 85.4 cm³/mol. The van der Waals surface area contributed by atoms with Gasteiger partial charge in [0.05, 0.1) is 5.69 Å². The number of rotatable bonds is 3. The van der Waals surface area contributed by atoms with Crippen LogP contribution in [-0.4, -0.2) is 46.1 Å². The lowest BCUT2D eigenvalue weighted by molar-refractivity contribution is -0.138. The SMILES string of the molecule is CNC(=O)C1CCCCN1C(=O)C=Cc1c(C)nn(C)c1Cl. The average Bonchev–Trinajstić information content (AvgIpc) is 2.77. The number of carbonyl (C=O) groups is 2. The summed E-state index contributed by atoms with van der Waals surface area (Å²) in [5, 5.41) is 7.31. The summed E-state index contributed by atoms with van der Waals surface area (Å²) in [4.78, 5) is 25.9. The maximum Gasteiger partial charge on any atom is 0.247 e. The second-order valence-electron chi connectivity index (χ2n) is 5.40. The zero-order chi connectivity index (χ0) is 16.3. The van der Waals surface area contributed by atoms with E-state index in [0.717, 1.165) is 24.1 Å². The maximum atomic E-state index is 12.4. The van der Waals surface area contributed by atoms with Gasteiger partial charge in [0.25, 0.3) is 0 Å². The van der Waals surface area contributed by atoms with E-state index in [0.29, 0.717) is 18.1 Å². The molecule has 1 fully saturated rings. The van der Waals surface area contributed by atoms with E-state index < -0.39 is 0 Å². The van der Waals surface area contributed by atoms with Crippen LogP contribution in [0.4, 0.5) is 0 Å². The van der Waals surface area contributed by atoms with Gasteiger partial charge in [-0.05, 0) is 32.3 Å². The zero-order valence-corrected chi connectivity index (χ0v) is 13.9. The molecule has 1 aromatic rings. The van der Waals surface area contributed by atoms with Crippen LogP contribution in [0.2, 0.25) is 5.15 Å². The van der Waals surface area contributed by atoms with E-state index in [1.807, 2.05) is 6.92 Å². The van der Waals surface area contributed by atoms with Crippen molar-refractivity contribution in [3.8, 4) is 0 Å². The number of aromatic nitrogens is 2. The molecule has 0 aromatic carbocycles. The highest BCUT2D eigenvalue weighted by atomic mass is 35.5. The molecule has 1 saturated heterocycles. The number of piperidine rings is 1. The van der Waals surface area contributed by atoms with Crippen LogP contribution in [0.1, 0.15) is 30.5 Å². The number of nitrogens with one attached hydrogen (secondary N) is 1. The number of likely N-dealkylation sites (N-methyl/N-ethyl adjacent to an activating group) is 1. The number of halogens is 1. The lowest BCUT2D eigenvalue weighted by Crippen LogP contribution is -2.50. The number of carbonyl (C=O) groups excluding carboxylic acids is 2. The molecule has 22 heavy (non-hydrogen) atoms. The molecule has 0 aliphatic carbocycles. The molecule has 2 amide bonds. The number of nitrogens with zero attached hydrogens (tertiary/aromatic N) is 3. The smallest absolute Gasteiger partial charge is 0.247 e. The highest BCUT2D eigenvalue weighted by Crippen LogP contribution is 2.21. The molecular weight excluding hydrogens is 304 g/mol. The summed E-state index contributed by atoms with van der Waals surface area (Å²) in [6, 6.07) is -0.388. The van der Waals surface area contributed by atoms with Crippen LogP contribution < -0.4 is 5.32 Å². The third-order valence-corrected chi connectivity index (χ3v) is 4.37. The van der Waals surface area contributed by atoms with Gasteiger partial charge in [-0.2, -0.15) is 5.10 Å². The van der Waals surface area contributed by atoms with Gasteiger partial charge in [0.1, 0.15) is 11.2 Å². The first kappa shape index (κ1) is 16.5. The number of hydrogen-bond donors (Lipinski definition) is 1. The normalized spacial score (nSPS) is 18.7. The van der Waals surface area contributed by atoms with Gasteiger partial charge in [-0.25, -0.2) is 0 Å². The fraction of sp³-hybridized carbons (Fsp3) is 0.533. The lowest BCUT2D eigenvalue weighted by Gasteiger charge is -2.33. The van der Waals surface area contributed by atoms with Crippen LogP contribution in [0.5, 0.6) is 0 Å². The van der Waals surface area contributed by atoms with Gasteiger partial charge in [0, 0.05) is 32.3 Å². The minimum atomic E-state index is -0.388. The number of hydrogen-bond acceptors (Lipinski definition) is 3. The van der Waals surface area contributed by atoms with Gasteiger partial charge in [-0.15, -0.1) is 0 Å². The fourth-order valence-electron chi connectivity index (χ4n) is 2.72. The van der Waals surface area contributed by atoms with Crippen molar-refractivity contribution in [1.29, 1.82) is 0 Å². The van der Waals surface area contributed by atoms with E-state index in [9.17, 15) is 9.59 Å². The molecule has 1 atom stereocenters. The maximum absolute atomic E-state index is 12.4. The first-order chi connectivity index (χ1) is 10.5. The fourth-order valence-corrected chi connectivity index (χ4v) is 2.96. The average molecular weight is 325 g/mol. The van der Waals surface area contributed by atoms with Crippen molar-refractivity contribution in [3.63, 3.8) is 0 Å². The molecule has 0 radical (unpaired) electrons. The number of likely N-dealkylation sites (tertiary alicyclic amines) is 1. The molecule has 1 aliphatic rings. The van der Waals surface area contributed by atoms with E-state index in [1.54, 1.807) is 29.8 Å². The first-order valence-corrected chi connectivity index (χ1v) is 7.73. The molecule has 6 nitrogen and oxygen atoms in total.